The van der Waals surface area contributed by atoms with Gasteiger partial charge in [0.1, 0.15) is 5.15 Å². The van der Waals surface area contributed by atoms with Crippen molar-refractivity contribution in [3.8, 4) is 0 Å². The van der Waals surface area contributed by atoms with Gasteiger partial charge in [-0.3, -0.25) is 4.68 Å². The number of anilines is 1. The van der Waals surface area contributed by atoms with Crippen LogP contribution in [0.15, 0.2) is 18.5 Å². The van der Waals surface area contributed by atoms with Gasteiger partial charge in [0.15, 0.2) is 5.15 Å². The maximum absolute atomic E-state index is 6.03. The van der Waals surface area contributed by atoms with Crippen LogP contribution in [0.4, 0.5) is 5.69 Å². The van der Waals surface area contributed by atoms with Gasteiger partial charge in [-0.15, -0.1) is 0 Å². The van der Waals surface area contributed by atoms with Crippen LogP contribution in [-0.2, 0) is 13.6 Å². The summed E-state index contributed by atoms with van der Waals surface area (Å²) in [6.45, 7) is 2.59. The van der Waals surface area contributed by atoms with Gasteiger partial charge in [-0.05, 0) is 18.6 Å². The van der Waals surface area contributed by atoms with Crippen molar-refractivity contribution in [2.45, 2.75) is 13.5 Å². The highest BCUT2D eigenvalue weighted by Gasteiger charge is 2.07. The van der Waals surface area contributed by atoms with E-state index in [2.05, 4.69) is 15.4 Å². The zero-order valence-electron chi connectivity index (χ0n) is 9.54. The van der Waals surface area contributed by atoms with Crippen LogP contribution in [-0.4, -0.2) is 14.8 Å². The summed E-state index contributed by atoms with van der Waals surface area (Å²) in [6, 6.07) is 1.78. The van der Waals surface area contributed by atoms with Crippen molar-refractivity contribution < 1.29 is 0 Å². The summed E-state index contributed by atoms with van der Waals surface area (Å²) in [5, 5.41) is 8.12. The molecule has 0 spiro atoms. The van der Waals surface area contributed by atoms with E-state index in [-0.39, 0.29) is 0 Å². The standard InChI is InChI=1S/C11H12Cl2N4/c1-7-3-9(12)16-11(13)10(7)14-4-8-5-15-17(2)6-8/h3,5-6,14H,4H2,1-2H3. The molecule has 2 aromatic heterocycles. The lowest BCUT2D eigenvalue weighted by Gasteiger charge is -2.10. The fourth-order valence-corrected chi connectivity index (χ4v) is 2.16. The van der Waals surface area contributed by atoms with E-state index in [0.29, 0.717) is 16.9 Å². The van der Waals surface area contributed by atoms with Crippen LogP contribution in [0.1, 0.15) is 11.1 Å². The summed E-state index contributed by atoms with van der Waals surface area (Å²) < 4.78 is 1.76. The largest absolute Gasteiger partial charge is 0.378 e. The monoisotopic (exact) mass is 270 g/mol. The highest BCUT2D eigenvalue weighted by atomic mass is 35.5. The minimum Gasteiger partial charge on any atom is -0.378 e. The van der Waals surface area contributed by atoms with E-state index in [9.17, 15) is 0 Å². The smallest absolute Gasteiger partial charge is 0.154 e. The molecule has 90 valence electrons. The number of hydrogen-bond donors (Lipinski definition) is 1. The average molecular weight is 271 g/mol. The molecule has 17 heavy (non-hydrogen) atoms. The van der Waals surface area contributed by atoms with Gasteiger partial charge in [0.2, 0.25) is 0 Å². The van der Waals surface area contributed by atoms with Crippen LogP contribution in [0.5, 0.6) is 0 Å². The molecular weight excluding hydrogens is 259 g/mol. The molecule has 0 radical (unpaired) electrons. The molecule has 2 rings (SSSR count). The number of halogens is 2. The lowest BCUT2D eigenvalue weighted by atomic mass is 10.2. The second kappa shape index (κ2) is 4.94. The van der Waals surface area contributed by atoms with Crippen molar-refractivity contribution in [1.29, 1.82) is 0 Å². The molecule has 0 aliphatic heterocycles. The highest BCUT2D eigenvalue weighted by molar-refractivity contribution is 6.34. The Morgan fingerprint density at radius 2 is 2.18 bits per heavy atom. The zero-order chi connectivity index (χ0) is 12.4. The summed E-state index contributed by atoms with van der Waals surface area (Å²) in [4.78, 5) is 4.00. The Kier molecular flexibility index (Phi) is 3.54. The van der Waals surface area contributed by atoms with Gasteiger partial charge in [-0.1, -0.05) is 23.2 Å². The van der Waals surface area contributed by atoms with Gasteiger partial charge < -0.3 is 5.32 Å². The fourth-order valence-electron chi connectivity index (χ4n) is 1.56. The lowest BCUT2D eigenvalue weighted by Crippen LogP contribution is -2.02. The van der Waals surface area contributed by atoms with Crippen molar-refractivity contribution in [2.24, 2.45) is 7.05 Å². The molecule has 0 aliphatic carbocycles. The van der Waals surface area contributed by atoms with Crippen molar-refractivity contribution in [3.05, 3.63) is 39.9 Å². The summed E-state index contributed by atoms with van der Waals surface area (Å²) in [7, 11) is 1.88. The number of aryl methyl sites for hydroxylation is 2. The van der Waals surface area contributed by atoms with Crippen LogP contribution >= 0.6 is 23.2 Å². The Labute approximate surface area is 110 Å². The average Bonchev–Trinajstić information content (AvgIpc) is 2.62. The zero-order valence-corrected chi connectivity index (χ0v) is 11.0. The normalized spacial score (nSPS) is 10.6. The lowest BCUT2D eigenvalue weighted by molar-refractivity contribution is 0.767. The van der Waals surface area contributed by atoms with Crippen LogP contribution < -0.4 is 5.32 Å². The molecular formula is C11H12Cl2N4. The van der Waals surface area contributed by atoms with E-state index < -0.39 is 0 Å². The quantitative estimate of drug-likeness (QED) is 0.872. The molecule has 2 aromatic rings. The topological polar surface area (TPSA) is 42.7 Å². The van der Waals surface area contributed by atoms with Crippen molar-refractivity contribution in [2.75, 3.05) is 5.32 Å². The molecule has 0 amide bonds. The van der Waals surface area contributed by atoms with Crippen molar-refractivity contribution >= 4 is 28.9 Å². The molecule has 4 nitrogen and oxygen atoms in total. The summed E-state index contributed by atoms with van der Waals surface area (Å²) in [6.07, 6.45) is 3.75. The van der Waals surface area contributed by atoms with Crippen molar-refractivity contribution in [1.82, 2.24) is 14.8 Å². The Hall–Kier alpha value is -1.26. The summed E-state index contributed by atoms with van der Waals surface area (Å²) >= 11 is 11.8. The second-order valence-electron chi connectivity index (χ2n) is 3.80. The molecule has 0 fully saturated rings. The first-order valence-electron chi connectivity index (χ1n) is 5.10. The summed E-state index contributed by atoms with van der Waals surface area (Å²) in [5.74, 6) is 0. The molecule has 0 aliphatic rings. The van der Waals surface area contributed by atoms with Gasteiger partial charge >= 0.3 is 0 Å². The van der Waals surface area contributed by atoms with E-state index in [1.807, 2.05) is 20.2 Å². The number of rotatable bonds is 3. The first-order chi connectivity index (χ1) is 8.06. The van der Waals surface area contributed by atoms with E-state index in [0.717, 1.165) is 16.8 Å². The molecule has 0 saturated heterocycles. The summed E-state index contributed by atoms with van der Waals surface area (Å²) in [5.41, 5.74) is 2.86. The molecule has 0 unspecified atom stereocenters. The fraction of sp³-hybridized carbons (Fsp3) is 0.273. The number of nitrogens with one attached hydrogen (secondary N) is 1. The Morgan fingerprint density at radius 1 is 1.41 bits per heavy atom. The highest BCUT2D eigenvalue weighted by Crippen LogP contribution is 2.26. The number of hydrogen-bond acceptors (Lipinski definition) is 3. The van der Waals surface area contributed by atoms with Gasteiger partial charge in [0.25, 0.3) is 0 Å². The third-order valence-electron chi connectivity index (χ3n) is 2.37. The minimum absolute atomic E-state index is 0.388. The SMILES string of the molecule is Cc1cc(Cl)nc(Cl)c1NCc1cnn(C)c1. The first kappa shape index (κ1) is 12.2. The predicted octanol–water partition coefficient (Wildman–Crippen LogP) is 3.04. The second-order valence-corrected chi connectivity index (χ2v) is 4.55. The van der Waals surface area contributed by atoms with E-state index in [1.54, 1.807) is 16.9 Å². The number of pyridine rings is 1. The maximum Gasteiger partial charge on any atom is 0.154 e. The molecule has 0 saturated carbocycles. The first-order valence-corrected chi connectivity index (χ1v) is 5.86. The van der Waals surface area contributed by atoms with Gasteiger partial charge in [0, 0.05) is 25.4 Å². The van der Waals surface area contributed by atoms with Gasteiger partial charge in [-0.25, -0.2) is 4.98 Å². The number of nitrogens with zero attached hydrogens (tertiary/aromatic N) is 3. The molecule has 0 aromatic carbocycles. The van der Waals surface area contributed by atoms with Gasteiger partial charge in [0.05, 0.1) is 11.9 Å². The Balaban J connectivity index is 2.14. The molecule has 2 heterocycles. The molecule has 0 bridgehead atoms. The van der Waals surface area contributed by atoms with Gasteiger partial charge in [-0.2, -0.15) is 5.10 Å². The van der Waals surface area contributed by atoms with Crippen molar-refractivity contribution in [3.63, 3.8) is 0 Å². The van der Waals surface area contributed by atoms with E-state index in [1.165, 1.54) is 0 Å². The van der Waals surface area contributed by atoms with E-state index >= 15 is 0 Å². The molecule has 6 heteroatoms. The third kappa shape index (κ3) is 2.90. The number of aromatic nitrogens is 3. The van der Waals surface area contributed by atoms with Crippen LogP contribution in [0.25, 0.3) is 0 Å². The Bertz CT molecular complexity index is 513. The molecule has 1 N–H and O–H groups in total. The predicted molar refractivity (Wildman–Crippen MR) is 69.5 cm³/mol. The molecule has 0 atom stereocenters. The third-order valence-corrected chi connectivity index (χ3v) is 2.84. The van der Waals surface area contributed by atoms with Crippen LogP contribution in [0.2, 0.25) is 10.3 Å². The van der Waals surface area contributed by atoms with Crippen LogP contribution in [0.3, 0.4) is 0 Å². The van der Waals surface area contributed by atoms with E-state index in [4.69, 9.17) is 23.2 Å². The minimum atomic E-state index is 0.388. The van der Waals surface area contributed by atoms with Crippen LogP contribution in [0, 0.1) is 6.92 Å². The maximum atomic E-state index is 6.03. The Morgan fingerprint density at radius 3 is 2.76 bits per heavy atom.